The molecule has 40 heavy (non-hydrogen) atoms. The van der Waals surface area contributed by atoms with Gasteiger partial charge in [0, 0.05) is 18.7 Å². The van der Waals surface area contributed by atoms with Gasteiger partial charge in [-0.05, 0) is 67.9 Å². The molecule has 0 aliphatic rings. The number of anilines is 1. The van der Waals surface area contributed by atoms with E-state index >= 15 is 0 Å². The number of halogens is 2. The van der Waals surface area contributed by atoms with Gasteiger partial charge in [-0.15, -0.1) is 0 Å². The van der Waals surface area contributed by atoms with Crippen LogP contribution < -0.4 is 14.4 Å². The van der Waals surface area contributed by atoms with Crippen molar-refractivity contribution in [1.29, 1.82) is 0 Å². The highest BCUT2D eigenvalue weighted by Crippen LogP contribution is 2.26. The Balaban J connectivity index is 2.00. The van der Waals surface area contributed by atoms with Gasteiger partial charge in [0.1, 0.15) is 30.0 Å². The van der Waals surface area contributed by atoms with E-state index in [4.69, 9.17) is 4.74 Å². The molecular weight excluding hydrogens is 540 g/mol. The van der Waals surface area contributed by atoms with Gasteiger partial charge in [-0.3, -0.25) is 13.9 Å². The Morgan fingerprint density at radius 1 is 0.975 bits per heavy atom. The van der Waals surface area contributed by atoms with E-state index in [-0.39, 0.29) is 22.7 Å². The Bertz CT molecular complexity index is 1400. The van der Waals surface area contributed by atoms with Gasteiger partial charge in [0.25, 0.3) is 10.0 Å². The summed E-state index contributed by atoms with van der Waals surface area (Å²) < 4.78 is 61.7. The van der Waals surface area contributed by atoms with E-state index < -0.39 is 46.1 Å². The molecule has 0 saturated heterocycles. The molecule has 1 atom stereocenters. The first-order valence-corrected chi connectivity index (χ1v) is 14.3. The van der Waals surface area contributed by atoms with Crippen LogP contribution in [0.2, 0.25) is 0 Å². The number of nitrogens with zero attached hydrogens (tertiary/aromatic N) is 2. The van der Waals surface area contributed by atoms with Crippen molar-refractivity contribution < 1.29 is 31.5 Å². The summed E-state index contributed by atoms with van der Waals surface area (Å²) >= 11 is 0. The number of rotatable bonds is 13. The van der Waals surface area contributed by atoms with Gasteiger partial charge in [-0.2, -0.15) is 0 Å². The molecule has 3 rings (SSSR count). The third-order valence-electron chi connectivity index (χ3n) is 6.34. The highest BCUT2D eigenvalue weighted by Gasteiger charge is 2.33. The minimum atomic E-state index is -4.33. The molecule has 0 saturated carbocycles. The number of ether oxygens (including phenoxy) is 1. The van der Waals surface area contributed by atoms with Crippen LogP contribution in [0.25, 0.3) is 0 Å². The molecule has 0 bridgehead atoms. The first kappa shape index (κ1) is 30.6. The lowest BCUT2D eigenvalue weighted by Gasteiger charge is -2.32. The van der Waals surface area contributed by atoms with Crippen LogP contribution >= 0.6 is 0 Å². The summed E-state index contributed by atoms with van der Waals surface area (Å²) in [5.41, 5.74) is 0.201. The van der Waals surface area contributed by atoms with Crippen molar-refractivity contribution in [3.05, 3.63) is 90.0 Å². The average molecular weight is 574 g/mol. The summed E-state index contributed by atoms with van der Waals surface area (Å²) in [6.07, 6.45) is 1.58. The molecular formula is C29H33F2N3O5S. The number of carbonyl (C=O) groups excluding carboxylic acids is 2. The summed E-state index contributed by atoms with van der Waals surface area (Å²) in [6.45, 7) is 2.88. The third kappa shape index (κ3) is 7.56. The Kier molecular flexibility index (Phi) is 10.6. The molecule has 3 aromatic carbocycles. The lowest BCUT2D eigenvalue weighted by atomic mass is 10.1. The normalized spacial score (nSPS) is 11.9. The fourth-order valence-electron chi connectivity index (χ4n) is 3.94. The zero-order chi connectivity index (χ0) is 29.3. The number of sulfonamides is 1. The minimum absolute atomic E-state index is 0.0384. The Hall–Kier alpha value is -3.99. The number of methoxy groups -OCH3 is 1. The Labute approximate surface area is 233 Å². The summed E-state index contributed by atoms with van der Waals surface area (Å²) in [5, 5.41) is 2.77. The number of hydrogen-bond donors (Lipinski definition) is 1. The van der Waals surface area contributed by atoms with E-state index in [1.165, 1.54) is 68.6 Å². The van der Waals surface area contributed by atoms with Crippen LogP contribution in [0.3, 0.4) is 0 Å². The molecule has 1 N–H and O–H groups in total. The number of hydrogen-bond acceptors (Lipinski definition) is 5. The zero-order valence-corrected chi connectivity index (χ0v) is 23.5. The first-order valence-electron chi connectivity index (χ1n) is 12.8. The lowest BCUT2D eigenvalue weighted by Crippen LogP contribution is -2.51. The summed E-state index contributed by atoms with van der Waals surface area (Å²) in [6, 6.07) is 15.0. The molecule has 0 aliphatic carbocycles. The van der Waals surface area contributed by atoms with Crippen molar-refractivity contribution in [1.82, 2.24) is 10.2 Å². The van der Waals surface area contributed by atoms with Gasteiger partial charge in [0.15, 0.2) is 0 Å². The van der Waals surface area contributed by atoms with Gasteiger partial charge >= 0.3 is 0 Å². The van der Waals surface area contributed by atoms with Crippen LogP contribution in [0.4, 0.5) is 14.5 Å². The SMILES string of the molecule is CCCCNC(=O)C(C)N(Cc1ccccc1F)C(=O)CN(c1ccc(F)cc1)S(=O)(=O)c1ccc(OC)cc1. The molecule has 1 unspecified atom stereocenters. The second kappa shape index (κ2) is 13.9. The van der Waals surface area contributed by atoms with E-state index in [1.807, 2.05) is 6.92 Å². The number of benzene rings is 3. The molecule has 0 fully saturated rings. The summed E-state index contributed by atoms with van der Waals surface area (Å²) in [7, 11) is -2.89. The number of nitrogens with one attached hydrogen (secondary N) is 1. The number of amides is 2. The fraction of sp³-hybridized carbons (Fsp3) is 0.310. The van der Waals surface area contributed by atoms with Crippen molar-refractivity contribution in [3.8, 4) is 5.75 Å². The molecule has 0 radical (unpaired) electrons. The quantitative estimate of drug-likeness (QED) is 0.304. The van der Waals surface area contributed by atoms with Crippen LogP contribution in [0.1, 0.15) is 32.3 Å². The van der Waals surface area contributed by atoms with Gasteiger partial charge < -0.3 is 15.0 Å². The molecule has 2 amide bonds. The van der Waals surface area contributed by atoms with E-state index in [0.717, 1.165) is 34.2 Å². The zero-order valence-electron chi connectivity index (χ0n) is 22.6. The Morgan fingerprint density at radius 2 is 1.62 bits per heavy atom. The van der Waals surface area contributed by atoms with Gasteiger partial charge in [-0.25, -0.2) is 17.2 Å². The lowest BCUT2D eigenvalue weighted by molar-refractivity contribution is -0.139. The van der Waals surface area contributed by atoms with Crippen molar-refractivity contribution in [2.45, 2.75) is 44.2 Å². The Morgan fingerprint density at radius 3 is 2.23 bits per heavy atom. The fourth-order valence-corrected chi connectivity index (χ4v) is 5.35. The topological polar surface area (TPSA) is 96.0 Å². The standard InChI is InChI=1S/C29H33F2N3O5S/c1-4-5-18-32-29(36)21(2)33(19-22-8-6-7-9-27(22)31)28(35)20-34(24-12-10-23(30)11-13-24)40(37,38)26-16-14-25(39-3)15-17-26/h6-17,21H,4-5,18-20H2,1-3H3,(H,32,36). The van der Waals surface area contributed by atoms with Crippen LogP contribution in [-0.4, -0.2) is 51.4 Å². The largest absolute Gasteiger partial charge is 0.497 e. The number of unbranched alkanes of at least 4 members (excludes halogenated alkanes) is 1. The van der Waals surface area contributed by atoms with Crippen molar-refractivity contribution in [2.75, 3.05) is 24.5 Å². The minimum Gasteiger partial charge on any atom is -0.497 e. The maximum atomic E-state index is 14.6. The monoisotopic (exact) mass is 573 g/mol. The maximum absolute atomic E-state index is 14.6. The third-order valence-corrected chi connectivity index (χ3v) is 8.12. The first-order chi connectivity index (χ1) is 19.1. The van der Waals surface area contributed by atoms with Gasteiger partial charge in [0.05, 0.1) is 17.7 Å². The molecule has 8 nitrogen and oxygen atoms in total. The molecule has 0 aromatic heterocycles. The predicted molar refractivity (Wildman–Crippen MR) is 148 cm³/mol. The van der Waals surface area contributed by atoms with Crippen LogP contribution in [0.15, 0.2) is 77.7 Å². The van der Waals surface area contributed by atoms with Crippen molar-refractivity contribution in [3.63, 3.8) is 0 Å². The molecule has 11 heteroatoms. The van der Waals surface area contributed by atoms with Crippen LogP contribution in [-0.2, 0) is 26.2 Å². The maximum Gasteiger partial charge on any atom is 0.264 e. The molecule has 0 aliphatic heterocycles. The predicted octanol–water partition coefficient (Wildman–Crippen LogP) is 4.50. The second-order valence-corrected chi connectivity index (χ2v) is 11.0. The second-order valence-electron chi connectivity index (χ2n) is 9.10. The smallest absolute Gasteiger partial charge is 0.264 e. The molecule has 3 aromatic rings. The van der Waals surface area contributed by atoms with E-state index in [1.54, 1.807) is 6.07 Å². The molecule has 0 spiro atoms. The van der Waals surface area contributed by atoms with Crippen LogP contribution in [0, 0.1) is 11.6 Å². The summed E-state index contributed by atoms with van der Waals surface area (Å²) in [4.78, 5) is 27.7. The van der Waals surface area contributed by atoms with E-state index in [0.29, 0.717) is 12.3 Å². The van der Waals surface area contributed by atoms with Gasteiger partial charge in [-0.1, -0.05) is 31.5 Å². The highest BCUT2D eigenvalue weighted by molar-refractivity contribution is 7.92. The van der Waals surface area contributed by atoms with Gasteiger partial charge in [0.2, 0.25) is 11.8 Å². The van der Waals surface area contributed by atoms with Crippen LogP contribution in [0.5, 0.6) is 5.75 Å². The molecule has 214 valence electrons. The highest BCUT2D eigenvalue weighted by atomic mass is 32.2. The van der Waals surface area contributed by atoms with Crippen molar-refractivity contribution >= 4 is 27.5 Å². The summed E-state index contributed by atoms with van der Waals surface area (Å²) in [5.74, 6) is -1.93. The average Bonchev–Trinajstić information content (AvgIpc) is 2.95. The van der Waals surface area contributed by atoms with Crippen molar-refractivity contribution in [2.24, 2.45) is 0 Å². The number of carbonyl (C=O) groups is 2. The molecule has 0 heterocycles. The van der Waals surface area contributed by atoms with E-state index in [2.05, 4.69) is 5.32 Å². The van der Waals surface area contributed by atoms with E-state index in [9.17, 15) is 26.8 Å².